The number of esters is 2. The molecule has 0 aromatic heterocycles. The average molecular weight is 556 g/mol. The molecule has 0 aromatic carbocycles. The van der Waals surface area contributed by atoms with E-state index in [-0.39, 0.29) is 54.9 Å². The number of piperidine rings is 1. The third kappa shape index (κ3) is 10.3. The van der Waals surface area contributed by atoms with Crippen molar-refractivity contribution in [2.75, 3.05) is 20.3 Å². The van der Waals surface area contributed by atoms with Gasteiger partial charge in [-0.2, -0.15) is 0 Å². The van der Waals surface area contributed by atoms with Crippen molar-refractivity contribution in [2.45, 2.75) is 128 Å². The highest BCUT2D eigenvalue weighted by atomic mass is 16.6. The van der Waals surface area contributed by atoms with E-state index in [0.29, 0.717) is 37.0 Å². The summed E-state index contributed by atoms with van der Waals surface area (Å²) in [4.78, 5) is 24.3. The Morgan fingerprint density at radius 3 is 2.41 bits per heavy atom. The van der Waals surface area contributed by atoms with Crippen LogP contribution in [0.4, 0.5) is 0 Å². The van der Waals surface area contributed by atoms with Gasteiger partial charge in [-0.25, -0.2) is 0 Å². The van der Waals surface area contributed by atoms with Gasteiger partial charge >= 0.3 is 11.9 Å². The summed E-state index contributed by atoms with van der Waals surface area (Å²) in [7, 11) is 1.66. The van der Waals surface area contributed by atoms with Crippen LogP contribution in [0, 0.1) is 29.6 Å². The highest BCUT2D eigenvalue weighted by Gasteiger charge is 2.42. The number of aliphatic hydroxyl groups excluding tert-OH is 2. The van der Waals surface area contributed by atoms with E-state index < -0.39 is 6.10 Å². The summed E-state index contributed by atoms with van der Waals surface area (Å²) in [5, 5.41) is 22.9. The first-order valence-corrected chi connectivity index (χ1v) is 15.4. The molecule has 3 aliphatic rings. The molecule has 39 heavy (non-hydrogen) atoms. The fourth-order valence-electron chi connectivity index (χ4n) is 7.75. The largest absolute Gasteiger partial charge is 0.462 e. The summed E-state index contributed by atoms with van der Waals surface area (Å²) in [6.45, 7) is 4.03. The van der Waals surface area contributed by atoms with Crippen LogP contribution in [0.2, 0.25) is 0 Å². The van der Waals surface area contributed by atoms with Gasteiger partial charge in [0.1, 0.15) is 18.4 Å². The molecule has 226 valence electrons. The molecule has 10 atom stereocenters. The lowest BCUT2D eigenvalue weighted by Gasteiger charge is -2.44. The number of hydrogen-bond acceptors (Lipinski definition) is 8. The van der Waals surface area contributed by atoms with E-state index in [9.17, 15) is 19.8 Å². The zero-order chi connectivity index (χ0) is 28.4. The lowest BCUT2D eigenvalue weighted by atomic mass is 9.66. The normalized spacial score (nSPS) is 35.7. The molecule has 0 amide bonds. The number of carbonyl (C=O) groups is 2. The molecule has 0 spiro atoms. The molecule has 10 unspecified atom stereocenters. The van der Waals surface area contributed by atoms with Gasteiger partial charge in [-0.1, -0.05) is 19.3 Å². The van der Waals surface area contributed by atoms with Crippen molar-refractivity contribution in [1.82, 2.24) is 0 Å². The maximum Gasteiger partial charge on any atom is 0.302 e. The molecule has 0 radical (unpaired) electrons. The summed E-state index contributed by atoms with van der Waals surface area (Å²) in [6.07, 6.45) is 10.3. The maximum atomic E-state index is 12.1. The second kappa shape index (κ2) is 16.2. The molecule has 3 fully saturated rings. The molecular formula is C30H55N2O7+. The first kappa shape index (κ1) is 32.3. The maximum absolute atomic E-state index is 12.1. The Bertz CT molecular complexity index is 753. The first-order valence-electron chi connectivity index (χ1n) is 15.4. The lowest BCUT2D eigenvalue weighted by molar-refractivity contribution is -0.699. The van der Waals surface area contributed by atoms with Crippen molar-refractivity contribution in [2.24, 2.45) is 35.3 Å². The third-order valence-corrected chi connectivity index (χ3v) is 9.69. The SMILES string of the molecule is COC1CC(CCC(CC(OC(C)=O)C2CCCCCC(CO)C2)OC(C)=O)C(C2CC[NH2+]C(N)C2)CC1O. The third-order valence-electron chi connectivity index (χ3n) is 9.69. The van der Waals surface area contributed by atoms with E-state index in [0.717, 1.165) is 70.8 Å². The first-order chi connectivity index (χ1) is 18.7. The zero-order valence-corrected chi connectivity index (χ0v) is 24.5. The topological polar surface area (TPSA) is 145 Å². The monoisotopic (exact) mass is 555 g/mol. The van der Waals surface area contributed by atoms with Gasteiger partial charge in [0, 0.05) is 40.4 Å². The molecule has 2 saturated carbocycles. The van der Waals surface area contributed by atoms with Gasteiger partial charge in [-0.05, 0) is 81.0 Å². The summed E-state index contributed by atoms with van der Waals surface area (Å²) < 4.78 is 17.4. The van der Waals surface area contributed by atoms with E-state index in [1.165, 1.54) is 13.8 Å². The van der Waals surface area contributed by atoms with Crippen LogP contribution >= 0.6 is 0 Å². The summed E-state index contributed by atoms with van der Waals surface area (Å²) in [5.74, 6) is 0.850. The fourth-order valence-corrected chi connectivity index (χ4v) is 7.75. The average Bonchev–Trinajstić information content (AvgIpc) is 2.86. The van der Waals surface area contributed by atoms with E-state index >= 15 is 0 Å². The number of nitrogens with two attached hydrogens (primary N) is 2. The number of quaternary nitrogens is 1. The Labute approximate surface area is 234 Å². The van der Waals surface area contributed by atoms with Crippen LogP contribution in [0.15, 0.2) is 0 Å². The Morgan fingerprint density at radius 2 is 1.74 bits per heavy atom. The predicted molar refractivity (Wildman–Crippen MR) is 147 cm³/mol. The molecule has 9 nitrogen and oxygen atoms in total. The number of ether oxygens (including phenoxy) is 3. The molecule has 2 aliphatic carbocycles. The van der Waals surface area contributed by atoms with Crippen molar-refractivity contribution in [3.63, 3.8) is 0 Å². The Morgan fingerprint density at radius 1 is 1.00 bits per heavy atom. The molecule has 9 heteroatoms. The Balaban J connectivity index is 1.73. The highest BCUT2D eigenvalue weighted by Crippen LogP contribution is 2.42. The minimum atomic E-state index is -0.477. The molecule has 1 heterocycles. The number of carbonyl (C=O) groups excluding carboxylic acids is 2. The molecule has 1 saturated heterocycles. The van der Waals surface area contributed by atoms with Crippen molar-refractivity contribution in [1.29, 1.82) is 0 Å². The minimum Gasteiger partial charge on any atom is -0.462 e. The standard InChI is InChI=1S/C30H54N2O7/c1-19(34)38-25(16-28(39-20(2)35)24-8-6-4-5-7-21(13-24)18-33)10-9-22-14-29(37-3)27(36)17-26(22)23-11-12-32-30(31)15-23/h21-30,32-33,36H,4-18,31H2,1-3H3/p+1. The van der Waals surface area contributed by atoms with Crippen LogP contribution in [-0.2, 0) is 23.8 Å². The second-order valence-electron chi connectivity index (χ2n) is 12.6. The molecular weight excluding hydrogens is 500 g/mol. The van der Waals surface area contributed by atoms with Gasteiger partial charge in [0.15, 0.2) is 0 Å². The molecule has 3 rings (SSSR count). The summed E-state index contributed by atoms with van der Waals surface area (Å²) >= 11 is 0. The number of aliphatic hydroxyl groups is 2. The Hall–Kier alpha value is -1.26. The number of methoxy groups -OCH3 is 1. The summed E-state index contributed by atoms with van der Waals surface area (Å²) in [5.41, 5.74) is 6.29. The van der Waals surface area contributed by atoms with E-state index in [2.05, 4.69) is 5.32 Å². The van der Waals surface area contributed by atoms with E-state index in [1.807, 2.05) is 0 Å². The van der Waals surface area contributed by atoms with Crippen LogP contribution < -0.4 is 11.1 Å². The van der Waals surface area contributed by atoms with Gasteiger partial charge in [0.05, 0.1) is 18.8 Å². The van der Waals surface area contributed by atoms with E-state index in [4.69, 9.17) is 19.9 Å². The molecule has 0 aromatic rings. The minimum absolute atomic E-state index is 0.103. The van der Waals surface area contributed by atoms with Crippen LogP contribution in [0.5, 0.6) is 0 Å². The van der Waals surface area contributed by atoms with Crippen molar-refractivity contribution in [3.05, 3.63) is 0 Å². The quantitative estimate of drug-likeness (QED) is 0.284. The molecule has 6 N–H and O–H groups in total. The highest BCUT2D eigenvalue weighted by molar-refractivity contribution is 5.66. The van der Waals surface area contributed by atoms with Gasteiger partial charge in [0.2, 0.25) is 0 Å². The van der Waals surface area contributed by atoms with Crippen LogP contribution in [0.25, 0.3) is 0 Å². The van der Waals surface area contributed by atoms with Gasteiger partial charge in [-0.15, -0.1) is 0 Å². The van der Waals surface area contributed by atoms with Crippen molar-refractivity contribution >= 4 is 11.9 Å². The van der Waals surface area contributed by atoms with E-state index in [1.54, 1.807) is 7.11 Å². The smallest absolute Gasteiger partial charge is 0.302 e. The fraction of sp³-hybridized carbons (Fsp3) is 0.933. The lowest BCUT2D eigenvalue weighted by Crippen LogP contribution is -2.94. The van der Waals surface area contributed by atoms with Gasteiger partial charge in [-0.3, -0.25) is 15.3 Å². The zero-order valence-electron chi connectivity index (χ0n) is 24.5. The van der Waals surface area contributed by atoms with Crippen LogP contribution in [0.3, 0.4) is 0 Å². The Kier molecular flexibility index (Phi) is 13.4. The van der Waals surface area contributed by atoms with Gasteiger partial charge in [0.25, 0.3) is 0 Å². The van der Waals surface area contributed by atoms with Crippen molar-refractivity contribution < 1.29 is 39.3 Å². The predicted octanol–water partition coefficient (Wildman–Crippen LogP) is 2.26. The second-order valence-corrected chi connectivity index (χ2v) is 12.6. The molecule has 1 aliphatic heterocycles. The number of rotatable bonds is 11. The van der Waals surface area contributed by atoms with Crippen LogP contribution in [0.1, 0.15) is 97.3 Å². The number of hydrogen-bond donors (Lipinski definition) is 4. The summed E-state index contributed by atoms with van der Waals surface area (Å²) in [6, 6.07) is 0. The van der Waals surface area contributed by atoms with Crippen molar-refractivity contribution in [3.8, 4) is 0 Å². The molecule has 0 bridgehead atoms. The van der Waals surface area contributed by atoms with Crippen LogP contribution in [-0.4, -0.2) is 73.0 Å². The van der Waals surface area contributed by atoms with Gasteiger partial charge < -0.3 is 29.7 Å².